The van der Waals surface area contributed by atoms with E-state index in [0.717, 1.165) is 9.87 Å². The topological polar surface area (TPSA) is 105 Å². The van der Waals surface area contributed by atoms with E-state index in [1.54, 1.807) is 74.7 Å². The lowest BCUT2D eigenvalue weighted by Gasteiger charge is -2.33. The lowest BCUT2D eigenvalue weighted by atomic mass is 10.1. The van der Waals surface area contributed by atoms with Gasteiger partial charge in [0.05, 0.1) is 24.8 Å². The highest BCUT2D eigenvalue weighted by Crippen LogP contribution is 2.28. The Bertz CT molecular complexity index is 1420. The molecule has 3 aromatic rings. The van der Waals surface area contributed by atoms with Gasteiger partial charge in [0.15, 0.2) is 0 Å². The summed E-state index contributed by atoms with van der Waals surface area (Å²) in [5.41, 5.74) is 0.450. The maximum Gasteiger partial charge on any atom is 0.264 e. The highest BCUT2D eigenvalue weighted by molar-refractivity contribution is 7.92. The standard InChI is InChI=1S/C30H37N3O6S/c1-22(29(35)31-30(2,3)4)32(20-23-12-10-14-25(18-23)38-5)28(34)21-33(24-13-11-15-26(19-24)39-6)40(36,37)27-16-8-7-9-17-27/h7-19,22H,20-21H2,1-6H3,(H,31,35)/t22-/m0/s1. The lowest BCUT2D eigenvalue weighted by molar-refractivity contribution is -0.140. The molecule has 9 nitrogen and oxygen atoms in total. The summed E-state index contributed by atoms with van der Waals surface area (Å²) in [6, 6.07) is 20.6. The molecular weight excluding hydrogens is 530 g/mol. The van der Waals surface area contributed by atoms with E-state index in [2.05, 4.69) is 5.32 Å². The first-order chi connectivity index (χ1) is 18.9. The maximum absolute atomic E-state index is 14.0. The van der Waals surface area contributed by atoms with Crippen molar-refractivity contribution in [1.82, 2.24) is 10.2 Å². The number of hydrogen-bond donors (Lipinski definition) is 1. The van der Waals surface area contributed by atoms with Gasteiger partial charge < -0.3 is 19.7 Å². The van der Waals surface area contributed by atoms with Crippen LogP contribution in [0.1, 0.15) is 33.3 Å². The molecule has 1 N–H and O–H groups in total. The van der Waals surface area contributed by atoms with Crippen molar-refractivity contribution in [3.05, 3.63) is 84.4 Å². The largest absolute Gasteiger partial charge is 0.497 e. The van der Waals surface area contributed by atoms with Crippen LogP contribution in [0.2, 0.25) is 0 Å². The van der Waals surface area contributed by atoms with Gasteiger partial charge in [0, 0.05) is 18.2 Å². The van der Waals surface area contributed by atoms with Crippen LogP contribution >= 0.6 is 0 Å². The Hall–Kier alpha value is -4.05. The molecule has 3 rings (SSSR count). The number of carbonyl (C=O) groups excluding carboxylic acids is 2. The third-order valence-corrected chi connectivity index (χ3v) is 7.89. The van der Waals surface area contributed by atoms with E-state index in [4.69, 9.17) is 9.47 Å². The van der Waals surface area contributed by atoms with Gasteiger partial charge in [-0.2, -0.15) is 0 Å². The Labute approximate surface area is 236 Å². The van der Waals surface area contributed by atoms with Crippen LogP contribution in [0.4, 0.5) is 5.69 Å². The predicted molar refractivity (Wildman–Crippen MR) is 155 cm³/mol. The normalized spacial score (nSPS) is 12.2. The minimum absolute atomic E-state index is 0.0310. The summed E-state index contributed by atoms with van der Waals surface area (Å²) < 4.78 is 39.4. The molecular formula is C30H37N3O6S. The lowest BCUT2D eigenvalue weighted by Crippen LogP contribution is -2.54. The average molecular weight is 568 g/mol. The molecule has 3 aromatic carbocycles. The number of hydrogen-bond acceptors (Lipinski definition) is 6. The smallest absolute Gasteiger partial charge is 0.264 e. The molecule has 10 heteroatoms. The Morgan fingerprint density at radius 2 is 1.48 bits per heavy atom. The molecule has 40 heavy (non-hydrogen) atoms. The zero-order valence-corrected chi connectivity index (χ0v) is 24.6. The Balaban J connectivity index is 2.05. The van der Waals surface area contributed by atoms with Crippen LogP contribution in [0.25, 0.3) is 0 Å². The van der Waals surface area contributed by atoms with E-state index in [1.165, 1.54) is 24.1 Å². The SMILES string of the molecule is COc1cccc(CN(C(=O)CN(c2cccc(OC)c2)S(=O)(=O)c2ccccc2)[C@@H](C)C(=O)NC(C)(C)C)c1. The molecule has 0 unspecified atom stereocenters. The second-order valence-electron chi connectivity index (χ2n) is 10.3. The average Bonchev–Trinajstić information content (AvgIpc) is 2.93. The predicted octanol–water partition coefficient (Wildman–Crippen LogP) is 4.23. The third kappa shape index (κ3) is 7.75. The van der Waals surface area contributed by atoms with Crippen molar-refractivity contribution in [2.24, 2.45) is 0 Å². The van der Waals surface area contributed by atoms with Gasteiger partial charge >= 0.3 is 0 Å². The molecule has 0 radical (unpaired) electrons. The Morgan fingerprint density at radius 1 is 0.875 bits per heavy atom. The zero-order valence-electron chi connectivity index (χ0n) is 23.7. The minimum Gasteiger partial charge on any atom is -0.497 e. The summed E-state index contributed by atoms with van der Waals surface area (Å²) in [7, 11) is -1.13. The summed E-state index contributed by atoms with van der Waals surface area (Å²) >= 11 is 0. The highest BCUT2D eigenvalue weighted by atomic mass is 32.2. The number of rotatable bonds is 11. The summed E-state index contributed by atoms with van der Waals surface area (Å²) in [6.45, 7) is 6.70. The van der Waals surface area contributed by atoms with Crippen LogP contribution < -0.4 is 19.1 Å². The molecule has 214 valence electrons. The van der Waals surface area contributed by atoms with Gasteiger partial charge in [-0.05, 0) is 69.7 Å². The molecule has 0 saturated carbocycles. The number of carbonyl (C=O) groups is 2. The van der Waals surface area contributed by atoms with Crippen molar-refractivity contribution >= 4 is 27.5 Å². The van der Waals surface area contributed by atoms with Crippen LogP contribution in [0, 0.1) is 0 Å². The van der Waals surface area contributed by atoms with E-state index in [1.807, 2.05) is 26.8 Å². The van der Waals surface area contributed by atoms with Gasteiger partial charge in [-0.15, -0.1) is 0 Å². The van der Waals surface area contributed by atoms with Gasteiger partial charge in [-0.25, -0.2) is 8.42 Å². The second-order valence-corrected chi connectivity index (χ2v) is 12.2. The van der Waals surface area contributed by atoms with E-state index in [9.17, 15) is 18.0 Å². The number of methoxy groups -OCH3 is 2. The van der Waals surface area contributed by atoms with Crippen molar-refractivity contribution < 1.29 is 27.5 Å². The van der Waals surface area contributed by atoms with E-state index in [-0.39, 0.29) is 23.0 Å². The number of anilines is 1. The Kier molecular flexibility index (Phi) is 9.81. The van der Waals surface area contributed by atoms with Gasteiger partial charge in [0.25, 0.3) is 10.0 Å². The molecule has 0 spiro atoms. The second kappa shape index (κ2) is 12.9. The number of benzene rings is 3. The number of nitrogens with one attached hydrogen (secondary N) is 1. The molecule has 0 heterocycles. The summed E-state index contributed by atoms with van der Waals surface area (Å²) in [4.78, 5) is 28.6. The molecule has 0 saturated heterocycles. The van der Waals surface area contributed by atoms with Crippen molar-refractivity contribution in [3.8, 4) is 11.5 Å². The fourth-order valence-electron chi connectivity index (χ4n) is 4.04. The fraction of sp³-hybridized carbons (Fsp3) is 0.333. The van der Waals surface area contributed by atoms with Crippen molar-refractivity contribution in [2.75, 3.05) is 25.1 Å². The van der Waals surface area contributed by atoms with Gasteiger partial charge in [0.2, 0.25) is 11.8 Å². The molecule has 0 aliphatic heterocycles. The Morgan fingerprint density at radius 3 is 2.08 bits per heavy atom. The van der Waals surface area contributed by atoms with Crippen LogP contribution in [0.5, 0.6) is 11.5 Å². The van der Waals surface area contributed by atoms with Gasteiger partial charge in [-0.3, -0.25) is 13.9 Å². The first-order valence-electron chi connectivity index (χ1n) is 12.8. The number of sulfonamides is 1. The van der Waals surface area contributed by atoms with Crippen LogP contribution in [-0.2, 0) is 26.2 Å². The first-order valence-corrected chi connectivity index (χ1v) is 14.3. The van der Waals surface area contributed by atoms with Crippen molar-refractivity contribution in [3.63, 3.8) is 0 Å². The molecule has 0 bridgehead atoms. The first kappa shape index (κ1) is 30.5. The minimum atomic E-state index is -4.16. The van der Waals surface area contributed by atoms with Crippen LogP contribution in [-0.4, -0.2) is 57.5 Å². The fourth-order valence-corrected chi connectivity index (χ4v) is 5.47. The molecule has 0 aliphatic rings. The molecule has 0 fully saturated rings. The number of nitrogens with zero attached hydrogens (tertiary/aromatic N) is 2. The van der Waals surface area contributed by atoms with Crippen molar-refractivity contribution in [2.45, 2.75) is 50.7 Å². The van der Waals surface area contributed by atoms with E-state index in [0.29, 0.717) is 11.5 Å². The quantitative estimate of drug-likeness (QED) is 0.372. The summed E-state index contributed by atoms with van der Waals surface area (Å²) in [6.07, 6.45) is 0. The zero-order chi connectivity index (χ0) is 29.5. The van der Waals surface area contributed by atoms with Crippen LogP contribution in [0.15, 0.2) is 83.8 Å². The maximum atomic E-state index is 14.0. The van der Waals surface area contributed by atoms with Gasteiger partial charge in [-0.1, -0.05) is 36.4 Å². The van der Waals surface area contributed by atoms with Gasteiger partial charge in [0.1, 0.15) is 24.1 Å². The number of ether oxygens (including phenoxy) is 2. The monoisotopic (exact) mass is 567 g/mol. The number of amides is 2. The third-order valence-electron chi connectivity index (χ3n) is 6.10. The highest BCUT2D eigenvalue weighted by Gasteiger charge is 2.33. The van der Waals surface area contributed by atoms with E-state index < -0.39 is 34.1 Å². The molecule has 0 aliphatic carbocycles. The van der Waals surface area contributed by atoms with E-state index >= 15 is 0 Å². The molecule has 0 aromatic heterocycles. The molecule has 2 amide bonds. The van der Waals surface area contributed by atoms with Crippen LogP contribution in [0.3, 0.4) is 0 Å². The summed E-state index contributed by atoms with van der Waals surface area (Å²) in [5.74, 6) is 0.120. The molecule has 1 atom stereocenters. The van der Waals surface area contributed by atoms with Crippen molar-refractivity contribution in [1.29, 1.82) is 0 Å². The summed E-state index contributed by atoms with van der Waals surface area (Å²) in [5, 5.41) is 2.91.